The summed E-state index contributed by atoms with van der Waals surface area (Å²) in [5, 5.41) is 0.495. The maximum Gasteiger partial charge on any atom is 0.269 e. The number of anilines is 2. The molecule has 0 N–H and O–H groups in total. The lowest BCUT2D eigenvalue weighted by Gasteiger charge is -2.33. The van der Waals surface area contributed by atoms with Crippen molar-refractivity contribution in [2.24, 2.45) is 0 Å². The standard InChI is InChI=1S/C23H16ClFN2O2S/c24-16-4-3-5-18(12-16)27-21(28)14-30-23(27)19-6-1-2-7-20(19)26(22(23)29)13-15-8-10-17(25)11-9-15/h1-12H,13-14H2. The summed E-state index contributed by atoms with van der Waals surface area (Å²) in [5.41, 5.74) is 2.92. The predicted molar refractivity (Wildman–Crippen MR) is 117 cm³/mol. The van der Waals surface area contributed by atoms with E-state index in [2.05, 4.69) is 0 Å². The summed E-state index contributed by atoms with van der Waals surface area (Å²) >= 11 is 7.50. The second-order valence-electron chi connectivity index (χ2n) is 7.18. The minimum absolute atomic E-state index is 0.144. The molecule has 2 aliphatic rings. The minimum Gasteiger partial charge on any atom is -0.304 e. The van der Waals surface area contributed by atoms with Crippen LogP contribution in [0.4, 0.5) is 15.8 Å². The van der Waals surface area contributed by atoms with Crippen molar-refractivity contribution in [3.8, 4) is 0 Å². The molecule has 5 rings (SSSR count). The monoisotopic (exact) mass is 438 g/mol. The fraction of sp³-hybridized carbons (Fsp3) is 0.130. The van der Waals surface area contributed by atoms with E-state index in [1.165, 1.54) is 23.9 Å². The van der Waals surface area contributed by atoms with E-state index in [1.807, 2.05) is 24.3 Å². The number of amides is 2. The molecule has 0 aliphatic carbocycles. The summed E-state index contributed by atoms with van der Waals surface area (Å²) in [7, 11) is 0. The Hall–Kier alpha value is -2.83. The van der Waals surface area contributed by atoms with Gasteiger partial charge in [-0.25, -0.2) is 4.39 Å². The lowest BCUT2D eigenvalue weighted by molar-refractivity contribution is -0.123. The van der Waals surface area contributed by atoms with Crippen LogP contribution in [0.25, 0.3) is 0 Å². The molecule has 3 aromatic rings. The highest BCUT2D eigenvalue weighted by Crippen LogP contribution is 2.56. The first-order valence-corrected chi connectivity index (χ1v) is 10.8. The van der Waals surface area contributed by atoms with Crippen LogP contribution >= 0.6 is 23.4 Å². The van der Waals surface area contributed by atoms with Crippen LogP contribution in [-0.2, 0) is 21.0 Å². The molecule has 2 amide bonds. The Morgan fingerprint density at radius 1 is 1.00 bits per heavy atom. The third-order valence-corrected chi connectivity index (χ3v) is 7.01. The fourth-order valence-corrected chi connectivity index (χ4v) is 5.64. The van der Waals surface area contributed by atoms with Crippen molar-refractivity contribution < 1.29 is 14.0 Å². The van der Waals surface area contributed by atoms with Crippen LogP contribution in [0.15, 0.2) is 72.8 Å². The summed E-state index contributed by atoms with van der Waals surface area (Å²) < 4.78 is 13.3. The molecular formula is C23H16ClFN2O2S. The van der Waals surface area contributed by atoms with Crippen LogP contribution in [0.3, 0.4) is 0 Å². The Morgan fingerprint density at radius 3 is 2.53 bits per heavy atom. The van der Waals surface area contributed by atoms with Gasteiger partial charge in [0.2, 0.25) is 10.8 Å². The number of fused-ring (bicyclic) bond motifs is 2. The highest BCUT2D eigenvalue weighted by atomic mass is 35.5. The number of rotatable bonds is 3. The molecule has 1 fully saturated rings. The quantitative estimate of drug-likeness (QED) is 0.580. The van der Waals surface area contributed by atoms with Crippen LogP contribution in [0.1, 0.15) is 11.1 Å². The zero-order valence-electron chi connectivity index (χ0n) is 15.7. The summed E-state index contributed by atoms with van der Waals surface area (Å²) in [6, 6.07) is 20.6. The van der Waals surface area contributed by atoms with Gasteiger partial charge in [0.1, 0.15) is 5.82 Å². The molecular weight excluding hydrogens is 423 g/mol. The Morgan fingerprint density at radius 2 is 1.77 bits per heavy atom. The van der Waals surface area contributed by atoms with Gasteiger partial charge in [-0.1, -0.05) is 48.0 Å². The van der Waals surface area contributed by atoms with Gasteiger partial charge in [-0.15, -0.1) is 11.8 Å². The van der Waals surface area contributed by atoms with Gasteiger partial charge in [0, 0.05) is 16.3 Å². The number of halogens is 2. The maximum atomic E-state index is 13.9. The van der Waals surface area contributed by atoms with E-state index in [-0.39, 0.29) is 29.9 Å². The van der Waals surface area contributed by atoms with E-state index in [4.69, 9.17) is 11.6 Å². The first-order valence-electron chi connectivity index (χ1n) is 9.39. The number of hydrogen-bond acceptors (Lipinski definition) is 3. The fourth-order valence-electron chi connectivity index (χ4n) is 4.10. The van der Waals surface area contributed by atoms with E-state index in [0.29, 0.717) is 10.7 Å². The molecule has 1 atom stereocenters. The van der Waals surface area contributed by atoms with E-state index in [1.54, 1.807) is 46.2 Å². The molecule has 2 heterocycles. The second kappa shape index (κ2) is 7.15. The van der Waals surface area contributed by atoms with E-state index >= 15 is 0 Å². The summed E-state index contributed by atoms with van der Waals surface area (Å²) in [5.74, 6) is -0.470. The number of hydrogen-bond donors (Lipinski definition) is 0. The van der Waals surface area contributed by atoms with Gasteiger partial charge >= 0.3 is 0 Å². The van der Waals surface area contributed by atoms with Crippen LogP contribution in [0.5, 0.6) is 0 Å². The average Bonchev–Trinajstić information content (AvgIpc) is 3.21. The van der Waals surface area contributed by atoms with Crippen molar-refractivity contribution in [1.29, 1.82) is 0 Å². The van der Waals surface area contributed by atoms with Crippen molar-refractivity contribution in [1.82, 2.24) is 0 Å². The smallest absolute Gasteiger partial charge is 0.269 e. The Kier molecular flexibility index (Phi) is 4.56. The Labute approximate surface area is 182 Å². The third-order valence-electron chi connectivity index (χ3n) is 5.38. The van der Waals surface area contributed by atoms with Crippen LogP contribution in [0.2, 0.25) is 5.02 Å². The van der Waals surface area contributed by atoms with E-state index in [9.17, 15) is 14.0 Å². The van der Waals surface area contributed by atoms with Crippen molar-refractivity contribution >= 4 is 46.6 Å². The molecule has 0 radical (unpaired) electrons. The van der Waals surface area contributed by atoms with Crippen LogP contribution < -0.4 is 9.80 Å². The van der Waals surface area contributed by atoms with E-state index < -0.39 is 4.87 Å². The summed E-state index contributed by atoms with van der Waals surface area (Å²) in [4.78, 5) is 28.9. The topological polar surface area (TPSA) is 40.6 Å². The molecule has 2 aliphatic heterocycles. The normalized spacial score (nSPS) is 20.3. The number of thioether (sulfide) groups is 1. The molecule has 0 aromatic heterocycles. The highest BCUT2D eigenvalue weighted by Gasteiger charge is 2.60. The van der Waals surface area contributed by atoms with Gasteiger partial charge < -0.3 is 4.90 Å². The van der Waals surface area contributed by atoms with Crippen LogP contribution in [0, 0.1) is 5.82 Å². The van der Waals surface area contributed by atoms with Gasteiger partial charge in [0.05, 0.1) is 18.0 Å². The number of carbonyl (C=O) groups is 2. The van der Waals surface area contributed by atoms with Crippen LogP contribution in [-0.4, -0.2) is 17.6 Å². The molecule has 150 valence electrons. The second-order valence-corrected chi connectivity index (χ2v) is 8.78. The lowest BCUT2D eigenvalue weighted by Crippen LogP contribution is -2.49. The molecule has 0 saturated carbocycles. The minimum atomic E-state index is -1.18. The zero-order chi connectivity index (χ0) is 20.9. The average molecular weight is 439 g/mol. The Balaban J connectivity index is 1.64. The number of nitrogens with zero attached hydrogens (tertiary/aromatic N) is 2. The molecule has 1 unspecified atom stereocenters. The first-order chi connectivity index (χ1) is 14.5. The highest BCUT2D eigenvalue weighted by molar-refractivity contribution is 8.02. The van der Waals surface area contributed by atoms with Gasteiger partial charge in [-0.3, -0.25) is 14.5 Å². The molecule has 3 aromatic carbocycles. The molecule has 1 saturated heterocycles. The largest absolute Gasteiger partial charge is 0.304 e. The van der Waals surface area contributed by atoms with Gasteiger partial charge in [0.25, 0.3) is 5.91 Å². The summed E-state index contributed by atoms with van der Waals surface area (Å²) in [6.45, 7) is 0.288. The molecule has 4 nitrogen and oxygen atoms in total. The molecule has 7 heteroatoms. The van der Waals surface area contributed by atoms with Crippen molar-refractivity contribution in [3.05, 3.63) is 94.8 Å². The first kappa shape index (κ1) is 19.2. The SMILES string of the molecule is O=C1CSC2(C(=O)N(Cc3ccc(F)cc3)c3ccccc32)N1c1cccc(Cl)c1. The van der Waals surface area contributed by atoms with Gasteiger partial charge in [0.15, 0.2) is 0 Å². The van der Waals surface area contributed by atoms with Gasteiger partial charge in [-0.2, -0.15) is 0 Å². The van der Waals surface area contributed by atoms with Crippen molar-refractivity contribution in [2.75, 3.05) is 15.6 Å². The Bertz CT molecular complexity index is 1170. The molecule has 0 bridgehead atoms. The molecule has 30 heavy (non-hydrogen) atoms. The maximum absolute atomic E-state index is 13.9. The van der Waals surface area contributed by atoms with Crippen molar-refractivity contribution in [3.63, 3.8) is 0 Å². The van der Waals surface area contributed by atoms with E-state index in [0.717, 1.165) is 16.8 Å². The predicted octanol–water partition coefficient (Wildman–Crippen LogP) is 4.96. The lowest BCUT2D eigenvalue weighted by atomic mass is 10.0. The molecule has 1 spiro atoms. The summed E-state index contributed by atoms with van der Waals surface area (Å²) in [6.07, 6.45) is 0. The zero-order valence-corrected chi connectivity index (χ0v) is 17.3. The van der Waals surface area contributed by atoms with Crippen molar-refractivity contribution in [2.45, 2.75) is 11.4 Å². The number of carbonyl (C=O) groups excluding carboxylic acids is 2. The third kappa shape index (κ3) is 2.82. The number of benzene rings is 3. The van der Waals surface area contributed by atoms with Gasteiger partial charge in [-0.05, 0) is 42.0 Å². The number of para-hydroxylation sites is 1.